The van der Waals surface area contributed by atoms with E-state index < -0.39 is 65.7 Å². The summed E-state index contributed by atoms with van der Waals surface area (Å²) in [6.45, 7) is 0.621. The number of nitrogens with zero attached hydrogens (tertiary/aromatic N) is 4. The molecule has 4 aliphatic heterocycles. The van der Waals surface area contributed by atoms with Crippen molar-refractivity contribution >= 4 is 26.8 Å². The molecule has 4 aliphatic rings. The van der Waals surface area contributed by atoms with Crippen LogP contribution in [-0.4, -0.2) is 76.7 Å². The van der Waals surface area contributed by atoms with E-state index in [1.54, 1.807) is 4.57 Å². The lowest BCUT2D eigenvalue weighted by molar-refractivity contribution is -0.0549. The van der Waals surface area contributed by atoms with Crippen LogP contribution in [0.15, 0.2) is 12.7 Å². The van der Waals surface area contributed by atoms with Crippen molar-refractivity contribution < 1.29 is 52.0 Å². The van der Waals surface area contributed by atoms with Crippen molar-refractivity contribution in [2.45, 2.75) is 50.2 Å². The Bertz CT molecular complexity index is 1250. The van der Waals surface area contributed by atoms with Gasteiger partial charge in [-0.05, 0) is 12.3 Å². The summed E-state index contributed by atoms with van der Waals surface area (Å²) in [6, 6.07) is 0. The van der Waals surface area contributed by atoms with E-state index in [-0.39, 0.29) is 16.9 Å². The first kappa shape index (κ1) is 24.2. The van der Waals surface area contributed by atoms with Crippen LogP contribution in [0.5, 0.6) is 0 Å². The van der Waals surface area contributed by atoms with E-state index in [4.69, 9.17) is 23.9 Å². The maximum absolute atomic E-state index is 12.2. The number of aliphatic hydroxyl groups excluding tert-OH is 2. The van der Waals surface area contributed by atoms with Crippen molar-refractivity contribution in [2.24, 2.45) is 5.92 Å². The van der Waals surface area contributed by atoms with E-state index in [2.05, 4.69) is 14.3 Å². The Labute approximate surface area is 191 Å². The second-order valence-electron chi connectivity index (χ2n) is 8.32. The van der Waals surface area contributed by atoms with Gasteiger partial charge in [-0.15, -0.1) is 0 Å². The number of fused-ring (bicyclic) bond motifs is 7. The zero-order valence-corrected chi connectivity index (χ0v) is 19.4. The lowest BCUT2D eigenvalue weighted by Gasteiger charge is -2.21. The third kappa shape index (κ3) is 4.29. The quantitative estimate of drug-likeness (QED) is 0.276. The highest BCUT2D eigenvalue weighted by Gasteiger charge is 2.46. The fraction of sp³-hybridized carbons (Fsp3) is 0.688. The maximum atomic E-state index is 12.2. The summed E-state index contributed by atoms with van der Waals surface area (Å²) in [5.41, 5.74) is 0.343. The van der Waals surface area contributed by atoms with Gasteiger partial charge in [0.25, 0.3) is 0 Å². The predicted molar refractivity (Wildman–Crippen MR) is 108 cm³/mol. The minimum absolute atomic E-state index is 0.147. The average molecular weight is 523 g/mol. The predicted octanol–water partition coefficient (Wildman–Crippen LogP) is -0.481. The Morgan fingerprint density at radius 1 is 1.00 bits per heavy atom. The molecule has 6 rings (SSSR count). The summed E-state index contributed by atoms with van der Waals surface area (Å²) in [4.78, 5) is 28.3. The van der Waals surface area contributed by atoms with Crippen molar-refractivity contribution in [2.75, 3.05) is 13.2 Å². The molecule has 2 aromatic rings. The van der Waals surface area contributed by atoms with E-state index in [0.29, 0.717) is 12.1 Å². The van der Waals surface area contributed by atoms with Gasteiger partial charge in [0.15, 0.2) is 22.9 Å². The first-order chi connectivity index (χ1) is 16.0. The zero-order valence-electron chi connectivity index (χ0n) is 17.6. The number of ether oxygens (including phenoxy) is 2. The number of aromatic nitrogens is 4. The SMILES string of the molecule is CC1C[C@H]2O[C@@H]1COP(=O)(O)OP(=O)(O)OC[C@H]1O[C@H]([C@@H](O)C1O)n1cnc3c(ncn32)c1=N. The number of phosphoric ester groups is 2. The molecule has 0 aliphatic carbocycles. The van der Waals surface area contributed by atoms with Gasteiger partial charge >= 0.3 is 15.6 Å². The smallest absolute Gasteiger partial charge is 0.387 e. The van der Waals surface area contributed by atoms with Gasteiger partial charge in [-0.3, -0.25) is 23.6 Å². The summed E-state index contributed by atoms with van der Waals surface area (Å²) in [6.07, 6.45) is -3.88. The first-order valence-corrected chi connectivity index (χ1v) is 13.3. The Morgan fingerprint density at radius 3 is 2.35 bits per heavy atom. The van der Waals surface area contributed by atoms with Gasteiger partial charge in [-0.25, -0.2) is 19.1 Å². The van der Waals surface area contributed by atoms with E-state index in [1.807, 2.05) is 6.92 Å². The number of phosphoric acid groups is 2. The van der Waals surface area contributed by atoms with Crippen molar-refractivity contribution in [1.82, 2.24) is 19.1 Å². The molecule has 2 fully saturated rings. The van der Waals surface area contributed by atoms with Gasteiger partial charge in [0.05, 0.1) is 25.6 Å². The van der Waals surface area contributed by atoms with Crippen LogP contribution in [0.25, 0.3) is 11.2 Å². The zero-order chi connectivity index (χ0) is 24.4. The molecule has 8 bridgehead atoms. The molecule has 2 aromatic heterocycles. The van der Waals surface area contributed by atoms with Crippen molar-refractivity contribution in [1.29, 1.82) is 5.41 Å². The molecule has 4 unspecified atom stereocenters. The van der Waals surface area contributed by atoms with E-state index in [9.17, 15) is 29.1 Å². The summed E-state index contributed by atoms with van der Waals surface area (Å²) < 4.78 is 52.5. The largest absolute Gasteiger partial charge is 0.481 e. The Balaban J connectivity index is 1.55. The number of nitrogens with one attached hydrogen (secondary N) is 1. The van der Waals surface area contributed by atoms with Crippen molar-refractivity contribution in [3.05, 3.63) is 18.1 Å². The van der Waals surface area contributed by atoms with E-state index in [1.165, 1.54) is 12.7 Å². The van der Waals surface area contributed by atoms with Gasteiger partial charge in [-0.1, -0.05) is 6.92 Å². The topological polar surface area (TPSA) is 221 Å². The number of aliphatic hydroxyl groups is 2. The molecule has 0 radical (unpaired) electrons. The Morgan fingerprint density at radius 2 is 1.65 bits per heavy atom. The molecular formula is C16H23N5O11P2. The number of hydrogen-bond acceptors (Lipinski definition) is 12. The van der Waals surface area contributed by atoms with Crippen LogP contribution in [0.4, 0.5) is 0 Å². The second kappa shape index (κ2) is 8.54. The van der Waals surface area contributed by atoms with E-state index in [0.717, 1.165) is 4.57 Å². The standard InChI is InChI=1S/C16H23N5O11P2/c1-7-2-10-20-5-18-11-14(17)21(6-19-15(11)20)16-13(23)12(22)9(31-16)4-29-34(26,27)32-33(24,25)28-3-8(7)30-10/h5-10,12-13,16-17,22-23H,2-4H2,1H3,(H,24,25)(H,26,27)/t7?,8-,9-,10-,12?,13+,16-/m1/s1. The lowest BCUT2D eigenvalue weighted by atomic mass is 10.0. The fourth-order valence-corrected chi connectivity index (χ4v) is 6.29. The Kier molecular flexibility index (Phi) is 6.06. The summed E-state index contributed by atoms with van der Waals surface area (Å²) >= 11 is 0. The van der Waals surface area contributed by atoms with Crippen LogP contribution in [0.3, 0.4) is 0 Å². The maximum Gasteiger partial charge on any atom is 0.481 e. The van der Waals surface area contributed by atoms with Crippen molar-refractivity contribution in [3.8, 4) is 0 Å². The highest BCUT2D eigenvalue weighted by Crippen LogP contribution is 2.61. The van der Waals surface area contributed by atoms with Crippen LogP contribution >= 0.6 is 15.6 Å². The average Bonchev–Trinajstić information content (AvgIpc) is 3.42. The van der Waals surface area contributed by atoms with Crippen molar-refractivity contribution in [3.63, 3.8) is 0 Å². The monoisotopic (exact) mass is 523 g/mol. The van der Waals surface area contributed by atoms with Gasteiger partial charge in [0, 0.05) is 0 Å². The number of rotatable bonds is 0. The molecule has 5 N–H and O–H groups in total. The van der Waals surface area contributed by atoms with Crippen LogP contribution in [0, 0.1) is 11.3 Å². The summed E-state index contributed by atoms with van der Waals surface area (Å²) in [5, 5.41) is 29.3. The van der Waals surface area contributed by atoms with Crippen LogP contribution < -0.4 is 5.49 Å². The summed E-state index contributed by atoms with van der Waals surface area (Å²) in [7, 11) is -10.2. The van der Waals surface area contributed by atoms with Crippen LogP contribution in [0.2, 0.25) is 0 Å². The molecule has 0 spiro atoms. The molecule has 16 nitrogen and oxygen atoms in total. The molecule has 34 heavy (non-hydrogen) atoms. The number of hydrogen-bond donors (Lipinski definition) is 5. The summed E-state index contributed by atoms with van der Waals surface area (Å²) in [5.74, 6) is -0.147. The lowest BCUT2D eigenvalue weighted by Crippen LogP contribution is -2.35. The van der Waals surface area contributed by atoms with Gasteiger partial charge in [0.2, 0.25) is 0 Å². The third-order valence-corrected chi connectivity index (χ3v) is 8.63. The molecule has 6 heterocycles. The minimum Gasteiger partial charge on any atom is -0.387 e. The molecular weight excluding hydrogens is 500 g/mol. The molecule has 188 valence electrons. The number of imidazole rings is 1. The molecule has 0 amide bonds. The second-order valence-corrected chi connectivity index (χ2v) is 11.4. The van der Waals surface area contributed by atoms with Gasteiger partial charge < -0.3 is 29.5 Å². The normalized spacial score (nSPS) is 43.4. The molecule has 18 heteroatoms. The van der Waals surface area contributed by atoms with Crippen LogP contribution in [-0.2, 0) is 32.0 Å². The minimum atomic E-state index is -5.14. The van der Waals surface area contributed by atoms with Gasteiger partial charge in [0.1, 0.15) is 30.9 Å². The fourth-order valence-electron chi connectivity index (χ4n) is 4.20. The highest BCUT2D eigenvalue weighted by molar-refractivity contribution is 7.61. The molecule has 2 saturated heterocycles. The highest BCUT2D eigenvalue weighted by atomic mass is 31.3. The van der Waals surface area contributed by atoms with Crippen LogP contribution in [0.1, 0.15) is 25.8 Å². The molecule has 0 aromatic carbocycles. The third-order valence-electron chi connectivity index (χ3n) is 6.03. The first-order valence-electron chi connectivity index (χ1n) is 10.3. The Hall–Kier alpha value is -1.55. The molecule has 9 atom stereocenters. The van der Waals surface area contributed by atoms with Gasteiger partial charge in [-0.2, -0.15) is 4.31 Å². The van der Waals surface area contributed by atoms with E-state index >= 15 is 0 Å². The molecule has 0 saturated carbocycles.